The third-order valence-electron chi connectivity index (χ3n) is 2.26. The normalized spacial score (nSPS) is 11.8. The second-order valence-corrected chi connectivity index (χ2v) is 3.61. The van der Waals surface area contributed by atoms with E-state index < -0.39 is 16.8 Å². The van der Waals surface area contributed by atoms with Gasteiger partial charge < -0.3 is 10.4 Å². The molecule has 0 spiro atoms. The van der Waals surface area contributed by atoms with Gasteiger partial charge in [-0.05, 0) is 12.5 Å². The number of anilines is 1. The minimum Gasteiger partial charge on any atom is -0.481 e. The van der Waals surface area contributed by atoms with Gasteiger partial charge in [0.15, 0.2) is 0 Å². The van der Waals surface area contributed by atoms with Crippen LogP contribution in [0.2, 0.25) is 0 Å². The second-order valence-electron chi connectivity index (χ2n) is 3.61. The molecule has 17 heavy (non-hydrogen) atoms. The van der Waals surface area contributed by atoms with Crippen molar-refractivity contribution in [1.29, 1.82) is 0 Å². The highest BCUT2D eigenvalue weighted by molar-refractivity contribution is 5.69. The maximum atomic E-state index is 10.5. The van der Waals surface area contributed by atoms with Crippen LogP contribution >= 0.6 is 0 Å². The highest BCUT2D eigenvalue weighted by Crippen LogP contribution is 2.12. The summed E-state index contributed by atoms with van der Waals surface area (Å²) in [6, 6.07) is 2.83. The summed E-state index contributed by atoms with van der Waals surface area (Å²) < 4.78 is 0. The lowest BCUT2D eigenvalue weighted by atomic mass is 10.1. The molecule has 0 aliphatic carbocycles. The molecule has 7 heteroatoms. The molecule has 1 unspecified atom stereocenters. The van der Waals surface area contributed by atoms with Crippen LogP contribution in [0.25, 0.3) is 0 Å². The van der Waals surface area contributed by atoms with E-state index in [1.165, 1.54) is 12.1 Å². The molecule has 1 rings (SSSR count). The van der Waals surface area contributed by atoms with Gasteiger partial charge in [0.25, 0.3) is 5.69 Å². The molecule has 0 aliphatic rings. The minimum atomic E-state index is -0.844. The summed E-state index contributed by atoms with van der Waals surface area (Å²) in [6.07, 6.45) is 1.62. The predicted molar refractivity (Wildman–Crippen MR) is 60.8 cm³/mol. The fourth-order valence-corrected chi connectivity index (χ4v) is 1.14. The van der Waals surface area contributed by atoms with E-state index in [2.05, 4.69) is 10.3 Å². The molecule has 0 radical (unpaired) electrons. The fraction of sp³-hybridized carbons (Fsp3) is 0.400. The van der Waals surface area contributed by atoms with Crippen molar-refractivity contribution in [1.82, 2.24) is 4.98 Å². The highest BCUT2D eigenvalue weighted by Gasteiger charge is 2.10. The highest BCUT2D eigenvalue weighted by atomic mass is 16.6. The van der Waals surface area contributed by atoms with E-state index in [1.807, 2.05) is 0 Å². The summed E-state index contributed by atoms with van der Waals surface area (Å²) in [6.45, 7) is 2.07. The van der Waals surface area contributed by atoms with Crippen molar-refractivity contribution < 1.29 is 14.8 Å². The van der Waals surface area contributed by atoms with Crippen molar-refractivity contribution in [2.24, 2.45) is 5.92 Å². The van der Waals surface area contributed by atoms with E-state index in [9.17, 15) is 14.9 Å². The number of rotatable bonds is 6. The smallest absolute Gasteiger partial charge is 0.306 e. The summed E-state index contributed by atoms with van der Waals surface area (Å²) in [5.74, 6) is -0.780. The zero-order chi connectivity index (χ0) is 12.8. The molecule has 1 aromatic rings. The Kier molecular flexibility index (Phi) is 4.38. The molecule has 0 bridgehead atoms. The van der Waals surface area contributed by atoms with Crippen molar-refractivity contribution in [3.05, 3.63) is 28.4 Å². The molecule has 2 N–H and O–H groups in total. The molecule has 7 nitrogen and oxygen atoms in total. The molecule has 0 amide bonds. The van der Waals surface area contributed by atoms with Gasteiger partial charge in [0.05, 0.1) is 10.8 Å². The maximum Gasteiger partial charge on any atom is 0.306 e. The van der Waals surface area contributed by atoms with Crippen LogP contribution in [0.1, 0.15) is 13.3 Å². The topological polar surface area (TPSA) is 105 Å². The number of nitrogens with one attached hydrogen (secondary N) is 1. The maximum absolute atomic E-state index is 10.5. The molecule has 92 valence electrons. The number of hydrogen-bond donors (Lipinski definition) is 2. The number of aliphatic carboxylic acids is 1. The van der Waals surface area contributed by atoms with Crippen LogP contribution in [0, 0.1) is 16.0 Å². The minimum absolute atomic E-state index is 0.0746. The van der Waals surface area contributed by atoms with Crippen LogP contribution in [-0.4, -0.2) is 27.5 Å². The first-order valence-electron chi connectivity index (χ1n) is 5.08. The quantitative estimate of drug-likeness (QED) is 0.575. The lowest BCUT2D eigenvalue weighted by molar-refractivity contribution is -0.385. The number of aromatic nitrogens is 1. The molecule has 0 fully saturated rings. The van der Waals surface area contributed by atoms with Gasteiger partial charge in [0, 0.05) is 12.6 Å². The van der Waals surface area contributed by atoms with E-state index in [-0.39, 0.29) is 5.69 Å². The van der Waals surface area contributed by atoms with Crippen LogP contribution in [0.4, 0.5) is 11.5 Å². The Hall–Kier alpha value is -2.18. The Morgan fingerprint density at radius 3 is 2.82 bits per heavy atom. The van der Waals surface area contributed by atoms with Crippen molar-refractivity contribution in [3.8, 4) is 0 Å². The third kappa shape index (κ3) is 4.06. The van der Waals surface area contributed by atoms with Crippen LogP contribution in [0.3, 0.4) is 0 Å². The van der Waals surface area contributed by atoms with E-state index in [4.69, 9.17) is 5.11 Å². The van der Waals surface area contributed by atoms with Crippen molar-refractivity contribution in [2.45, 2.75) is 13.3 Å². The van der Waals surface area contributed by atoms with Gasteiger partial charge >= 0.3 is 5.97 Å². The van der Waals surface area contributed by atoms with E-state index in [0.717, 1.165) is 6.20 Å². The van der Waals surface area contributed by atoms with Crippen LogP contribution in [-0.2, 0) is 4.79 Å². The standard InChI is InChI=1S/C10H13N3O4/c1-7(10(14)15)4-5-11-9-3-2-8(6-12-9)13(16)17/h2-3,6-7H,4-5H2,1H3,(H,11,12)(H,14,15). The molecular formula is C10H13N3O4. The molecule has 1 atom stereocenters. The molecule has 0 saturated carbocycles. The summed E-state index contributed by atoms with van der Waals surface area (Å²) >= 11 is 0. The Bertz CT molecular complexity index is 405. The first kappa shape index (κ1) is 12.9. The zero-order valence-electron chi connectivity index (χ0n) is 9.29. The first-order chi connectivity index (χ1) is 8.00. The number of nitrogens with zero attached hydrogens (tertiary/aromatic N) is 2. The number of hydrogen-bond acceptors (Lipinski definition) is 5. The Morgan fingerprint density at radius 2 is 2.35 bits per heavy atom. The van der Waals surface area contributed by atoms with E-state index in [1.54, 1.807) is 6.92 Å². The number of pyridine rings is 1. The van der Waals surface area contributed by atoms with Gasteiger partial charge in [-0.3, -0.25) is 14.9 Å². The zero-order valence-corrected chi connectivity index (χ0v) is 9.29. The largest absolute Gasteiger partial charge is 0.481 e. The average Bonchev–Trinajstić information content (AvgIpc) is 2.29. The van der Waals surface area contributed by atoms with Gasteiger partial charge in [0.1, 0.15) is 12.0 Å². The third-order valence-corrected chi connectivity index (χ3v) is 2.26. The summed E-state index contributed by atoms with van der Waals surface area (Å²) in [4.78, 5) is 24.2. The fourth-order valence-electron chi connectivity index (χ4n) is 1.14. The van der Waals surface area contributed by atoms with Crippen LogP contribution in [0.15, 0.2) is 18.3 Å². The number of carboxylic acids is 1. The van der Waals surface area contributed by atoms with Gasteiger partial charge in [-0.2, -0.15) is 0 Å². The summed E-state index contributed by atoms with van der Waals surface area (Å²) in [5.41, 5.74) is -0.0746. The summed E-state index contributed by atoms with van der Waals surface area (Å²) in [5, 5.41) is 21.9. The number of carbonyl (C=O) groups is 1. The predicted octanol–water partition coefficient (Wildman–Crippen LogP) is 1.51. The molecule has 0 aromatic carbocycles. The molecule has 0 saturated heterocycles. The lowest BCUT2D eigenvalue weighted by Crippen LogP contribution is -2.14. The van der Waals surface area contributed by atoms with Gasteiger partial charge in [0.2, 0.25) is 0 Å². The number of nitro groups is 1. The van der Waals surface area contributed by atoms with Gasteiger partial charge in [-0.15, -0.1) is 0 Å². The SMILES string of the molecule is CC(CCNc1ccc([N+](=O)[O-])cn1)C(=O)O. The number of carboxylic acid groups (broad SMARTS) is 1. The van der Waals surface area contributed by atoms with Gasteiger partial charge in [-0.1, -0.05) is 6.92 Å². The molecule has 0 aliphatic heterocycles. The van der Waals surface area contributed by atoms with E-state index in [0.29, 0.717) is 18.8 Å². The van der Waals surface area contributed by atoms with Crippen LogP contribution < -0.4 is 5.32 Å². The monoisotopic (exact) mass is 239 g/mol. The van der Waals surface area contributed by atoms with Crippen LogP contribution in [0.5, 0.6) is 0 Å². The summed E-state index contributed by atoms with van der Waals surface area (Å²) in [7, 11) is 0. The lowest BCUT2D eigenvalue weighted by Gasteiger charge is -2.07. The Balaban J connectivity index is 2.42. The molecule has 1 aromatic heterocycles. The Labute approximate surface area is 97.6 Å². The Morgan fingerprint density at radius 1 is 1.65 bits per heavy atom. The molecular weight excluding hydrogens is 226 g/mol. The van der Waals surface area contributed by atoms with Crippen molar-refractivity contribution in [3.63, 3.8) is 0 Å². The van der Waals surface area contributed by atoms with Crippen molar-refractivity contribution in [2.75, 3.05) is 11.9 Å². The average molecular weight is 239 g/mol. The van der Waals surface area contributed by atoms with E-state index >= 15 is 0 Å². The van der Waals surface area contributed by atoms with Crippen molar-refractivity contribution >= 4 is 17.5 Å². The van der Waals surface area contributed by atoms with Gasteiger partial charge in [-0.25, -0.2) is 4.98 Å². The second kappa shape index (κ2) is 5.78. The first-order valence-corrected chi connectivity index (χ1v) is 5.08. The molecule has 1 heterocycles.